The zero-order valence-corrected chi connectivity index (χ0v) is 18.7. The molecule has 0 aliphatic heterocycles. The molecule has 0 N–H and O–H groups in total. The van der Waals surface area contributed by atoms with Crippen molar-refractivity contribution in [3.05, 3.63) is 58.8 Å². The second kappa shape index (κ2) is 9.37. The van der Waals surface area contributed by atoms with Gasteiger partial charge in [-0.2, -0.15) is 5.26 Å². The van der Waals surface area contributed by atoms with Crippen molar-refractivity contribution in [1.82, 2.24) is 4.98 Å². The predicted octanol–water partition coefficient (Wildman–Crippen LogP) is 6.87. The SMILES string of the molecule is CCCc1nc(CC(C)C)c([CH]C(C)(C)C)c(-c2ccc(C)cc2)c1CC#N. The molecule has 0 atom stereocenters. The number of rotatable bonds is 7. The molecule has 2 nitrogen and oxygen atoms in total. The number of nitrogens with zero attached hydrogens (tertiary/aromatic N) is 2. The Kier molecular flexibility index (Phi) is 7.41. The maximum atomic E-state index is 9.58. The molecule has 0 saturated carbocycles. The summed E-state index contributed by atoms with van der Waals surface area (Å²) in [4.78, 5) is 5.13. The van der Waals surface area contributed by atoms with Crippen LogP contribution in [0.25, 0.3) is 11.1 Å². The number of nitriles is 1. The minimum absolute atomic E-state index is 0.0308. The van der Waals surface area contributed by atoms with Crippen molar-refractivity contribution < 1.29 is 0 Å². The molecule has 0 unspecified atom stereocenters. The van der Waals surface area contributed by atoms with E-state index < -0.39 is 0 Å². The number of benzene rings is 1. The van der Waals surface area contributed by atoms with Gasteiger partial charge < -0.3 is 0 Å². The molecule has 0 bridgehead atoms. The van der Waals surface area contributed by atoms with Gasteiger partial charge in [-0.3, -0.25) is 4.98 Å². The second-order valence-electron chi connectivity index (χ2n) is 9.33. The Morgan fingerprint density at radius 1 is 1.11 bits per heavy atom. The third kappa shape index (κ3) is 5.68. The van der Waals surface area contributed by atoms with Gasteiger partial charge >= 0.3 is 0 Å². The van der Waals surface area contributed by atoms with E-state index in [2.05, 4.69) is 85.2 Å². The maximum Gasteiger partial charge on any atom is 0.0670 e. The molecule has 2 aromatic rings. The summed E-state index contributed by atoms with van der Waals surface area (Å²) in [5.41, 5.74) is 8.28. The number of hydrogen-bond donors (Lipinski definition) is 0. The highest BCUT2D eigenvalue weighted by atomic mass is 14.7. The van der Waals surface area contributed by atoms with Crippen LogP contribution >= 0.6 is 0 Å². The smallest absolute Gasteiger partial charge is 0.0670 e. The first kappa shape index (κ1) is 22.2. The lowest BCUT2D eigenvalue weighted by molar-refractivity contribution is 0.502. The fourth-order valence-corrected chi connectivity index (χ4v) is 3.64. The standard InChI is InChI=1S/C26H35N2/c1-8-9-23-21(14-15-27)25(20-12-10-19(4)11-13-20)22(17-26(5,6)7)24(28-23)16-18(2)3/h10-13,17-18H,8-9,14,16H2,1-7H3. The number of pyridine rings is 1. The molecule has 2 heteroatoms. The Labute approximate surface area is 172 Å². The van der Waals surface area contributed by atoms with E-state index >= 15 is 0 Å². The average molecular weight is 376 g/mol. The molecule has 1 heterocycles. The summed E-state index contributed by atoms with van der Waals surface area (Å²) < 4.78 is 0. The van der Waals surface area contributed by atoms with Gasteiger partial charge in [-0.15, -0.1) is 0 Å². The predicted molar refractivity (Wildman–Crippen MR) is 119 cm³/mol. The first-order chi connectivity index (χ1) is 13.2. The lowest BCUT2D eigenvalue weighted by Gasteiger charge is -2.26. The fourth-order valence-electron chi connectivity index (χ4n) is 3.64. The Bertz CT molecular complexity index is 831. The summed E-state index contributed by atoms with van der Waals surface area (Å²) in [6, 6.07) is 11.1. The van der Waals surface area contributed by atoms with Crippen LogP contribution in [0.5, 0.6) is 0 Å². The molecule has 2 rings (SSSR count). The zero-order chi connectivity index (χ0) is 20.9. The van der Waals surface area contributed by atoms with E-state index in [9.17, 15) is 5.26 Å². The first-order valence-electron chi connectivity index (χ1n) is 10.5. The lowest BCUT2D eigenvalue weighted by atomic mass is 9.80. The van der Waals surface area contributed by atoms with E-state index in [0.29, 0.717) is 12.3 Å². The summed E-state index contributed by atoms with van der Waals surface area (Å²) in [6.07, 6.45) is 5.64. The molecular weight excluding hydrogens is 340 g/mol. The van der Waals surface area contributed by atoms with Crippen molar-refractivity contribution in [2.24, 2.45) is 11.3 Å². The van der Waals surface area contributed by atoms with Gasteiger partial charge in [0.25, 0.3) is 0 Å². The molecule has 1 aromatic heterocycles. The monoisotopic (exact) mass is 375 g/mol. The summed E-state index contributed by atoms with van der Waals surface area (Å²) in [6.45, 7) is 15.5. The van der Waals surface area contributed by atoms with Crippen LogP contribution in [-0.4, -0.2) is 4.98 Å². The largest absolute Gasteiger partial charge is 0.257 e. The molecule has 1 aromatic carbocycles. The van der Waals surface area contributed by atoms with E-state index in [0.717, 1.165) is 30.5 Å². The fraction of sp³-hybridized carbons (Fsp3) is 0.500. The van der Waals surface area contributed by atoms with Crippen LogP contribution in [0.15, 0.2) is 24.3 Å². The van der Waals surface area contributed by atoms with Gasteiger partial charge in [-0.25, -0.2) is 0 Å². The van der Waals surface area contributed by atoms with E-state index in [1.165, 1.54) is 27.9 Å². The highest BCUT2D eigenvalue weighted by Gasteiger charge is 2.24. The molecule has 1 radical (unpaired) electrons. The van der Waals surface area contributed by atoms with E-state index in [1.807, 2.05) is 0 Å². The van der Waals surface area contributed by atoms with Gasteiger partial charge in [0.1, 0.15) is 0 Å². The molecule has 0 amide bonds. The molecule has 0 fully saturated rings. The third-order valence-electron chi connectivity index (χ3n) is 4.76. The molecule has 28 heavy (non-hydrogen) atoms. The number of aryl methyl sites for hydroxylation is 2. The topological polar surface area (TPSA) is 36.7 Å². The molecule has 0 aliphatic carbocycles. The quantitative estimate of drug-likeness (QED) is 0.529. The Morgan fingerprint density at radius 2 is 1.75 bits per heavy atom. The highest BCUT2D eigenvalue weighted by molar-refractivity contribution is 5.75. The van der Waals surface area contributed by atoms with Crippen LogP contribution in [0.3, 0.4) is 0 Å². The molecular formula is C26H35N2. The van der Waals surface area contributed by atoms with Gasteiger partial charge in [0.2, 0.25) is 0 Å². The molecule has 149 valence electrons. The third-order valence-corrected chi connectivity index (χ3v) is 4.76. The number of hydrogen-bond acceptors (Lipinski definition) is 2. The summed E-state index contributed by atoms with van der Waals surface area (Å²) in [5.74, 6) is 0.529. The first-order valence-corrected chi connectivity index (χ1v) is 10.5. The van der Waals surface area contributed by atoms with Crippen LogP contribution in [-0.2, 0) is 19.3 Å². The maximum absolute atomic E-state index is 9.58. The van der Waals surface area contributed by atoms with Gasteiger partial charge in [0.05, 0.1) is 12.5 Å². The minimum atomic E-state index is 0.0308. The minimum Gasteiger partial charge on any atom is -0.257 e. The van der Waals surface area contributed by atoms with Crippen LogP contribution in [0.4, 0.5) is 0 Å². The van der Waals surface area contributed by atoms with Crippen LogP contribution in [0, 0.1) is 36.0 Å². The Hall–Kier alpha value is -2.14. The van der Waals surface area contributed by atoms with Crippen molar-refractivity contribution >= 4 is 0 Å². The zero-order valence-electron chi connectivity index (χ0n) is 18.7. The number of aromatic nitrogens is 1. The van der Waals surface area contributed by atoms with Crippen molar-refractivity contribution in [3.63, 3.8) is 0 Å². The summed E-state index contributed by atoms with van der Waals surface area (Å²) in [7, 11) is 0. The van der Waals surface area contributed by atoms with Crippen molar-refractivity contribution in [1.29, 1.82) is 5.26 Å². The average Bonchev–Trinajstić information content (AvgIpc) is 2.58. The molecule has 0 spiro atoms. The van der Waals surface area contributed by atoms with E-state index in [-0.39, 0.29) is 5.41 Å². The second-order valence-corrected chi connectivity index (χ2v) is 9.33. The van der Waals surface area contributed by atoms with E-state index in [1.54, 1.807) is 0 Å². The van der Waals surface area contributed by atoms with Crippen molar-refractivity contribution in [2.45, 2.75) is 74.1 Å². The lowest BCUT2D eigenvalue weighted by Crippen LogP contribution is -2.16. The molecule has 0 aliphatic rings. The van der Waals surface area contributed by atoms with Crippen LogP contribution in [0.2, 0.25) is 0 Å². The highest BCUT2D eigenvalue weighted by Crippen LogP contribution is 2.38. The Balaban J connectivity index is 2.88. The Morgan fingerprint density at radius 3 is 2.25 bits per heavy atom. The van der Waals surface area contributed by atoms with Crippen molar-refractivity contribution in [3.8, 4) is 17.2 Å². The summed E-state index contributed by atoms with van der Waals surface area (Å²) in [5, 5.41) is 9.58. The molecule has 0 saturated heterocycles. The van der Waals surface area contributed by atoms with Gasteiger partial charge in [0.15, 0.2) is 0 Å². The van der Waals surface area contributed by atoms with Crippen LogP contribution < -0.4 is 0 Å². The van der Waals surface area contributed by atoms with E-state index in [4.69, 9.17) is 4.98 Å². The van der Waals surface area contributed by atoms with Crippen molar-refractivity contribution in [2.75, 3.05) is 0 Å². The normalized spacial score (nSPS) is 11.7. The van der Waals surface area contributed by atoms with Gasteiger partial charge in [0, 0.05) is 11.4 Å². The van der Waals surface area contributed by atoms with Gasteiger partial charge in [-0.1, -0.05) is 77.8 Å². The summed E-state index contributed by atoms with van der Waals surface area (Å²) >= 11 is 0. The van der Waals surface area contributed by atoms with Crippen LogP contribution in [0.1, 0.15) is 76.0 Å². The van der Waals surface area contributed by atoms with Gasteiger partial charge in [-0.05, 0) is 59.8 Å².